The van der Waals surface area contributed by atoms with Crippen molar-refractivity contribution in [2.45, 2.75) is 13.0 Å². The third-order valence-electron chi connectivity index (χ3n) is 3.11. The summed E-state index contributed by atoms with van der Waals surface area (Å²) in [6, 6.07) is 13.5. The number of hydrogen-bond acceptors (Lipinski definition) is 2. The lowest BCUT2D eigenvalue weighted by molar-refractivity contribution is 0.0940. The molecule has 2 rings (SSSR count). The monoisotopic (exact) mass is 361 g/mol. The highest BCUT2D eigenvalue weighted by atomic mass is 79.9. The molecule has 0 saturated carbocycles. The average Bonchev–Trinajstić information content (AvgIpc) is 2.47. The standard InChI is InChI=1S/C16H16BrN3O2/c1-10(11-5-7-13(17)8-6-11)19-15(21)12-3-2-4-14(9-12)20-16(18)22/h2-10H,1H3,(H,19,21)(H3,18,20,22)/t10-/m0/s1. The van der Waals surface area contributed by atoms with Crippen LogP contribution < -0.4 is 16.4 Å². The molecule has 22 heavy (non-hydrogen) atoms. The minimum atomic E-state index is -0.666. The van der Waals surface area contributed by atoms with Crippen molar-refractivity contribution in [3.63, 3.8) is 0 Å². The summed E-state index contributed by atoms with van der Waals surface area (Å²) in [4.78, 5) is 23.1. The van der Waals surface area contributed by atoms with Gasteiger partial charge in [-0.05, 0) is 42.8 Å². The van der Waals surface area contributed by atoms with Gasteiger partial charge in [0, 0.05) is 15.7 Å². The molecule has 3 amide bonds. The number of carbonyl (C=O) groups excluding carboxylic acids is 2. The lowest BCUT2D eigenvalue weighted by Gasteiger charge is -2.15. The molecule has 1 atom stereocenters. The number of benzene rings is 2. The van der Waals surface area contributed by atoms with Crippen LogP contribution in [0, 0.1) is 0 Å². The second-order valence-electron chi connectivity index (χ2n) is 4.82. The van der Waals surface area contributed by atoms with Crippen LogP contribution >= 0.6 is 15.9 Å². The van der Waals surface area contributed by atoms with Crippen LogP contribution in [-0.2, 0) is 0 Å². The third kappa shape index (κ3) is 4.33. The van der Waals surface area contributed by atoms with E-state index in [0.717, 1.165) is 10.0 Å². The van der Waals surface area contributed by atoms with Crippen LogP contribution in [0.2, 0.25) is 0 Å². The van der Waals surface area contributed by atoms with Crippen molar-refractivity contribution >= 4 is 33.6 Å². The molecular weight excluding hydrogens is 346 g/mol. The minimum Gasteiger partial charge on any atom is -0.351 e. The largest absolute Gasteiger partial charge is 0.351 e. The fourth-order valence-corrected chi connectivity index (χ4v) is 2.26. The first-order valence-corrected chi connectivity index (χ1v) is 7.48. The Balaban J connectivity index is 2.08. The molecule has 0 aliphatic heterocycles. The topological polar surface area (TPSA) is 84.2 Å². The van der Waals surface area contributed by atoms with E-state index in [9.17, 15) is 9.59 Å². The number of urea groups is 1. The maximum Gasteiger partial charge on any atom is 0.316 e. The lowest BCUT2D eigenvalue weighted by atomic mass is 10.1. The number of hydrogen-bond donors (Lipinski definition) is 3. The molecule has 0 bridgehead atoms. The molecule has 0 aromatic heterocycles. The van der Waals surface area contributed by atoms with E-state index >= 15 is 0 Å². The normalized spacial score (nSPS) is 11.5. The fraction of sp³-hybridized carbons (Fsp3) is 0.125. The average molecular weight is 362 g/mol. The summed E-state index contributed by atoms with van der Waals surface area (Å²) < 4.78 is 0.986. The molecule has 2 aromatic carbocycles. The Morgan fingerprint density at radius 1 is 1.14 bits per heavy atom. The van der Waals surface area contributed by atoms with Gasteiger partial charge in [0.05, 0.1) is 6.04 Å². The smallest absolute Gasteiger partial charge is 0.316 e. The van der Waals surface area contributed by atoms with Crippen LogP contribution in [0.15, 0.2) is 53.0 Å². The number of primary amides is 1. The van der Waals surface area contributed by atoms with Gasteiger partial charge in [-0.2, -0.15) is 0 Å². The predicted octanol–water partition coefficient (Wildman–Crippen LogP) is 3.43. The molecule has 4 N–H and O–H groups in total. The Labute approximate surface area is 137 Å². The molecule has 6 heteroatoms. The summed E-state index contributed by atoms with van der Waals surface area (Å²) in [7, 11) is 0. The molecule has 0 radical (unpaired) electrons. The summed E-state index contributed by atoms with van der Waals surface area (Å²) in [5.74, 6) is -0.219. The molecule has 0 aliphatic carbocycles. The highest BCUT2D eigenvalue weighted by Gasteiger charge is 2.12. The van der Waals surface area contributed by atoms with Crippen LogP contribution in [0.25, 0.3) is 0 Å². The van der Waals surface area contributed by atoms with Crippen molar-refractivity contribution in [2.75, 3.05) is 5.32 Å². The molecule has 0 heterocycles. The van der Waals surface area contributed by atoms with Gasteiger partial charge in [0.1, 0.15) is 0 Å². The molecule has 0 fully saturated rings. The molecule has 114 valence electrons. The van der Waals surface area contributed by atoms with Gasteiger partial charge in [-0.1, -0.05) is 34.1 Å². The minimum absolute atomic E-state index is 0.131. The Morgan fingerprint density at radius 2 is 1.82 bits per heavy atom. The van der Waals surface area contributed by atoms with Gasteiger partial charge >= 0.3 is 6.03 Å². The molecule has 0 saturated heterocycles. The molecular formula is C16H16BrN3O2. The van der Waals surface area contributed by atoms with E-state index in [1.54, 1.807) is 24.3 Å². The van der Waals surface area contributed by atoms with Crippen molar-refractivity contribution in [3.8, 4) is 0 Å². The maximum absolute atomic E-state index is 12.3. The number of nitrogens with one attached hydrogen (secondary N) is 2. The number of amides is 3. The Morgan fingerprint density at radius 3 is 2.45 bits per heavy atom. The van der Waals surface area contributed by atoms with Crippen molar-refractivity contribution < 1.29 is 9.59 Å². The molecule has 0 unspecified atom stereocenters. The highest BCUT2D eigenvalue weighted by Crippen LogP contribution is 2.17. The van der Waals surface area contributed by atoms with Crippen LogP contribution in [0.3, 0.4) is 0 Å². The zero-order chi connectivity index (χ0) is 16.1. The summed E-state index contributed by atoms with van der Waals surface area (Å²) in [6.45, 7) is 1.91. The molecule has 0 spiro atoms. The lowest BCUT2D eigenvalue weighted by Crippen LogP contribution is -2.27. The molecule has 5 nitrogen and oxygen atoms in total. The quantitative estimate of drug-likeness (QED) is 0.779. The van der Waals surface area contributed by atoms with Crippen LogP contribution in [0.4, 0.5) is 10.5 Å². The second kappa shape index (κ2) is 7.09. The Kier molecular flexibility index (Phi) is 5.16. The van der Waals surface area contributed by atoms with E-state index in [-0.39, 0.29) is 11.9 Å². The van der Waals surface area contributed by atoms with E-state index in [1.165, 1.54) is 0 Å². The van der Waals surface area contributed by atoms with Crippen LogP contribution in [-0.4, -0.2) is 11.9 Å². The molecule has 0 aliphatic rings. The number of halogens is 1. The van der Waals surface area contributed by atoms with Crippen molar-refractivity contribution in [3.05, 3.63) is 64.1 Å². The van der Waals surface area contributed by atoms with Crippen LogP contribution in [0.1, 0.15) is 28.9 Å². The second-order valence-corrected chi connectivity index (χ2v) is 5.73. The molecule has 2 aromatic rings. The summed E-state index contributed by atoms with van der Waals surface area (Å²) in [5.41, 5.74) is 7.00. The predicted molar refractivity (Wildman–Crippen MR) is 89.7 cm³/mol. The Hall–Kier alpha value is -2.34. The summed E-state index contributed by atoms with van der Waals surface area (Å²) in [5, 5.41) is 5.36. The Bertz CT molecular complexity index is 686. The fourth-order valence-electron chi connectivity index (χ4n) is 2.00. The van der Waals surface area contributed by atoms with Gasteiger partial charge in [-0.3, -0.25) is 4.79 Å². The van der Waals surface area contributed by atoms with E-state index < -0.39 is 6.03 Å². The van der Waals surface area contributed by atoms with E-state index in [4.69, 9.17) is 5.73 Å². The van der Waals surface area contributed by atoms with Crippen molar-refractivity contribution in [2.24, 2.45) is 5.73 Å². The van der Waals surface area contributed by atoms with Crippen molar-refractivity contribution in [1.82, 2.24) is 5.32 Å². The zero-order valence-corrected chi connectivity index (χ0v) is 13.6. The highest BCUT2D eigenvalue weighted by molar-refractivity contribution is 9.10. The number of rotatable bonds is 4. The first-order valence-electron chi connectivity index (χ1n) is 6.68. The van der Waals surface area contributed by atoms with Gasteiger partial charge in [-0.25, -0.2) is 4.79 Å². The first-order chi connectivity index (χ1) is 10.5. The van der Waals surface area contributed by atoms with Gasteiger partial charge < -0.3 is 16.4 Å². The maximum atomic E-state index is 12.3. The van der Waals surface area contributed by atoms with Crippen LogP contribution in [0.5, 0.6) is 0 Å². The van der Waals surface area contributed by atoms with Gasteiger partial charge in [-0.15, -0.1) is 0 Å². The van der Waals surface area contributed by atoms with Crippen molar-refractivity contribution in [1.29, 1.82) is 0 Å². The van der Waals surface area contributed by atoms with E-state index in [1.807, 2.05) is 31.2 Å². The zero-order valence-electron chi connectivity index (χ0n) is 12.0. The number of anilines is 1. The van der Waals surface area contributed by atoms with Gasteiger partial charge in [0.15, 0.2) is 0 Å². The van der Waals surface area contributed by atoms with Gasteiger partial charge in [0.2, 0.25) is 0 Å². The SMILES string of the molecule is C[C@H](NC(=O)c1cccc(NC(N)=O)c1)c1ccc(Br)cc1. The first kappa shape index (κ1) is 16.0. The van der Waals surface area contributed by atoms with Gasteiger partial charge in [0.25, 0.3) is 5.91 Å². The van der Waals surface area contributed by atoms with E-state index in [0.29, 0.717) is 11.3 Å². The summed E-state index contributed by atoms with van der Waals surface area (Å²) in [6.07, 6.45) is 0. The third-order valence-corrected chi connectivity index (χ3v) is 3.64. The number of nitrogens with two attached hydrogens (primary N) is 1. The summed E-state index contributed by atoms with van der Waals surface area (Å²) >= 11 is 3.38. The van der Waals surface area contributed by atoms with E-state index in [2.05, 4.69) is 26.6 Å². The number of carbonyl (C=O) groups is 2.